The predicted octanol–water partition coefficient (Wildman–Crippen LogP) is 7.12. The number of aromatic nitrogens is 1. The van der Waals surface area contributed by atoms with Crippen LogP contribution in [-0.2, 0) is 16.1 Å². The van der Waals surface area contributed by atoms with Gasteiger partial charge < -0.3 is 9.88 Å². The summed E-state index contributed by atoms with van der Waals surface area (Å²) in [5, 5.41) is 5.66. The molecule has 39 heavy (non-hydrogen) atoms. The second-order valence-electron chi connectivity index (χ2n) is 9.23. The average molecular weight is 644 g/mol. The molecule has 0 unspecified atom stereocenters. The Morgan fingerprint density at radius 3 is 2.46 bits per heavy atom. The number of imide groups is 1. The molecule has 5 aromatic rings. The lowest BCUT2D eigenvalue weighted by atomic mass is 10.1. The Morgan fingerprint density at radius 1 is 0.897 bits per heavy atom. The normalized spacial score (nSPS) is 14.6. The molecule has 0 saturated carbocycles. The summed E-state index contributed by atoms with van der Waals surface area (Å²) in [5.74, 6) is -0.888. The van der Waals surface area contributed by atoms with Gasteiger partial charge in [-0.3, -0.25) is 19.3 Å². The molecule has 1 saturated heterocycles. The lowest BCUT2D eigenvalue weighted by molar-refractivity contribution is -0.127. The Balaban J connectivity index is 1.24. The first-order chi connectivity index (χ1) is 18.9. The molecule has 0 bridgehead atoms. The predicted molar refractivity (Wildman–Crippen MR) is 165 cm³/mol. The Hall–Kier alpha value is -3.89. The van der Waals surface area contributed by atoms with Crippen LogP contribution in [0.2, 0.25) is 0 Å². The average Bonchev–Trinajstić information content (AvgIpc) is 3.41. The third kappa shape index (κ3) is 5.35. The third-order valence-corrected chi connectivity index (χ3v) is 8.20. The number of halogens is 1. The van der Waals surface area contributed by atoms with Gasteiger partial charge in [0.15, 0.2) is 0 Å². The van der Waals surface area contributed by atoms with E-state index in [1.54, 1.807) is 18.2 Å². The van der Waals surface area contributed by atoms with E-state index in [-0.39, 0.29) is 6.54 Å². The fourth-order valence-electron chi connectivity index (χ4n) is 4.71. The van der Waals surface area contributed by atoms with Crippen molar-refractivity contribution in [2.45, 2.75) is 6.54 Å². The van der Waals surface area contributed by atoms with Gasteiger partial charge in [0.05, 0.1) is 4.91 Å². The van der Waals surface area contributed by atoms with Crippen molar-refractivity contribution in [3.05, 3.63) is 117 Å². The first-order valence-electron chi connectivity index (χ1n) is 12.3. The highest BCUT2D eigenvalue weighted by Crippen LogP contribution is 2.34. The zero-order valence-electron chi connectivity index (χ0n) is 20.6. The molecule has 6 rings (SSSR count). The largest absolute Gasteiger partial charge is 0.342 e. The summed E-state index contributed by atoms with van der Waals surface area (Å²) in [4.78, 5) is 39.7. The molecule has 1 aliphatic rings. The molecule has 0 aliphatic carbocycles. The number of fused-ring (bicyclic) bond motifs is 2. The maximum Gasteiger partial charge on any atom is 0.294 e. The highest BCUT2D eigenvalue weighted by Gasteiger charge is 2.36. The number of para-hydroxylation sites is 1. The quantitative estimate of drug-likeness (QED) is 0.158. The third-order valence-electron chi connectivity index (χ3n) is 6.58. The zero-order valence-corrected chi connectivity index (χ0v) is 23.6. The molecular formula is C31H22IN3O3S. The van der Waals surface area contributed by atoms with E-state index in [9.17, 15) is 14.4 Å². The van der Waals surface area contributed by atoms with E-state index in [1.165, 1.54) is 16.3 Å². The zero-order chi connectivity index (χ0) is 26.9. The highest BCUT2D eigenvalue weighted by molar-refractivity contribution is 14.1. The van der Waals surface area contributed by atoms with Gasteiger partial charge >= 0.3 is 0 Å². The number of carbonyl (C=O) groups is 3. The molecule has 0 radical (unpaired) electrons. The topological polar surface area (TPSA) is 71.4 Å². The molecular weight excluding hydrogens is 621 g/mol. The van der Waals surface area contributed by atoms with Crippen molar-refractivity contribution in [2.24, 2.45) is 0 Å². The minimum atomic E-state index is -0.464. The molecule has 1 aromatic heterocycles. The Morgan fingerprint density at radius 2 is 1.64 bits per heavy atom. The number of nitrogens with zero attached hydrogens (tertiary/aromatic N) is 2. The number of hydrogen-bond acceptors (Lipinski definition) is 4. The monoisotopic (exact) mass is 643 g/mol. The molecule has 0 atom stereocenters. The van der Waals surface area contributed by atoms with Crippen molar-refractivity contribution >= 4 is 84.8 Å². The van der Waals surface area contributed by atoms with E-state index in [4.69, 9.17) is 0 Å². The highest BCUT2D eigenvalue weighted by atomic mass is 127. The Bertz CT molecular complexity index is 1790. The van der Waals surface area contributed by atoms with E-state index >= 15 is 0 Å². The van der Waals surface area contributed by atoms with Gasteiger partial charge in [0.2, 0.25) is 5.91 Å². The van der Waals surface area contributed by atoms with Gasteiger partial charge in [0, 0.05) is 38.5 Å². The van der Waals surface area contributed by atoms with Crippen molar-refractivity contribution in [1.82, 2.24) is 9.47 Å². The van der Waals surface area contributed by atoms with Crippen LogP contribution in [0.25, 0.3) is 27.8 Å². The minimum absolute atomic E-state index is 0.302. The van der Waals surface area contributed by atoms with Gasteiger partial charge in [0.25, 0.3) is 11.1 Å². The van der Waals surface area contributed by atoms with E-state index < -0.39 is 17.1 Å². The van der Waals surface area contributed by atoms with E-state index in [0.29, 0.717) is 17.1 Å². The SMILES string of the molecule is O=C(CN1C(=O)S/C(=C\c2cn(Cc3ccc4ccccc4c3)c3ccccc23)C1=O)Nc1ccc(I)cc1. The van der Waals surface area contributed by atoms with Crippen LogP contribution in [0, 0.1) is 3.57 Å². The van der Waals surface area contributed by atoms with Crippen LogP contribution in [-0.4, -0.2) is 33.1 Å². The minimum Gasteiger partial charge on any atom is -0.342 e. The number of carbonyl (C=O) groups excluding carboxylic acids is 3. The number of rotatable bonds is 6. The number of amides is 3. The van der Waals surface area contributed by atoms with Crippen LogP contribution in [0.1, 0.15) is 11.1 Å². The van der Waals surface area contributed by atoms with E-state index in [1.807, 2.05) is 54.7 Å². The van der Waals surface area contributed by atoms with Crippen LogP contribution in [0.4, 0.5) is 10.5 Å². The number of benzene rings is 4. The maximum atomic E-state index is 13.1. The summed E-state index contributed by atoms with van der Waals surface area (Å²) in [6.07, 6.45) is 3.76. The van der Waals surface area contributed by atoms with Gasteiger partial charge in [0.1, 0.15) is 6.54 Å². The molecule has 1 fully saturated rings. The molecule has 2 heterocycles. The van der Waals surface area contributed by atoms with Gasteiger partial charge in [-0.25, -0.2) is 0 Å². The van der Waals surface area contributed by atoms with Crippen LogP contribution in [0.15, 0.2) is 102 Å². The van der Waals surface area contributed by atoms with Gasteiger partial charge in [-0.2, -0.15) is 0 Å². The van der Waals surface area contributed by atoms with Crippen LogP contribution in [0.3, 0.4) is 0 Å². The molecule has 1 N–H and O–H groups in total. The fraction of sp³-hybridized carbons (Fsp3) is 0.0645. The standard InChI is InChI=1S/C31H22IN3O3S/c32-24-11-13-25(14-12-24)33-29(36)19-35-30(37)28(39-31(35)38)16-23-18-34(27-8-4-3-7-26(23)27)17-20-9-10-21-5-1-2-6-22(21)15-20/h1-16,18H,17,19H2,(H,33,36)/b28-16-. The molecule has 192 valence electrons. The van der Waals surface area contributed by atoms with E-state index in [2.05, 4.69) is 62.8 Å². The first kappa shape index (κ1) is 25.4. The molecule has 1 aliphatic heterocycles. The second-order valence-corrected chi connectivity index (χ2v) is 11.5. The smallest absolute Gasteiger partial charge is 0.294 e. The summed E-state index contributed by atoms with van der Waals surface area (Å²) >= 11 is 3.04. The number of hydrogen-bond donors (Lipinski definition) is 1. The first-order valence-corrected chi connectivity index (χ1v) is 14.2. The summed E-state index contributed by atoms with van der Waals surface area (Å²) in [6, 6.07) is 30.0. The van der Waals surface area contributed by atoms with Gasteiger partial charge in [-0.15, -0.1) is 0 Å². The van der Waals surface area contributed by atoms with Gasteiger partial charge in [-0.05, 0) is 93.2 Å². The molecule has 6 nitrogen and oxygen atoms in total. The fourth-order valence-corrected chi connectivity index (χ4v) is 5.90. The summed E-state index contributed by atoms with van der Waals surface area (Å²) in [6.45, 7) is 0.330. The van der Waals surface area contributed by atoms with Crippen LogP contribution < -0.4 is 5.32 Å². The molecule has 4 aromatic carbocycles. The lowest BCUT2D eigenvalue weighted by Crippen LogP contribution is -2.36. The number of nitrogens with one attached hydrogen (secondary N) is 1. The number of thioether (sulfide) groups is 1. The van der Waals surface area contributed by atoms with E-state index in [0.717, 1.165) is 36.7 Å². The van der Waals surface area contributed by atoms with Crippen molar-refractivity contribution in [1.29, 1.82) is 0 Å². The van der Waals surface area contributed by atoms with Crippen molar-refractivity contribution in [3.63, 3.8) is 0 Å². The Kier molecular flexibility index (Phi) is 6.97. The molecule has 8 heteroatoms. The molecule has 0 spiro atoms. The lowest BCUT2D eigenvalue weighted by Gasteiger charge is -2.12. The van der Waals surface area contributed by atoms with Crippen molar-refractivity contribution in [3.8, 4) is 0 Å². The van der Waals surface area contributed by atoms with Gasteiger partial charge in [-0.1, -0.05) is 54.6 Å². The van der Waals surface area contributed by atoms with Crippen LogP contribution >= 0.6 is 34.4 Å². The number of anilines is 1. The summed E-state index contributed by atoms with van der Waals surface area (Å²) in [5.41, 5.74) is 3.66. The summed E-state index contributed by atoms with van der Waals surface area (Å²) < 4.78 is 3.20. The van der Waals surface area contributed by atoms with Crippen LogP contribution in [0.5, 0.6) is 0 Å². The molecule has 3 amide bonds. The van der Waals surface area contributed by atoms with Crippen molar-refractivity contribution in [2.75, 3.05) is 11.9 Å². The maximum absolute atomic E-state index is 13.1. The van der Waals surface area contributed by atoms with Crippen molar-refractivity contribution < 1.29 is 14.4 Å². The summed E-state index contributed by atoms with van der Waals surface area (Å²) in [7, 11) is 0. The Labute approximate surface area is 242 Å². The second kappa shape index (κ2) is 10.7.